The lowest BCUT2D eigenvalue weighted by atomic mass is 9.83. The fourth-order valence-electron chi connectivity index (χ4n) is 4.16. The smallest absolute Gasteiger partial charge is 0.230 e. The number of carbonyl (C=O) groups is 2. The van der Waals surface area contributed by atoms with Gasteiger partial charge in [-0.25, -0.2) is 0 Å². The molecular formula is C20H28N2O3. The highest BCUT2D eigenvalue weighted by molar-refractivity contribution is 5.84. The molecule has 2 fully saturated rings. The molecular weight excluding hydrogens is 316 g/mol. The van der Waals surface area contributed by atoms with Crippen LogP contribution in [-0.4, -0.2) is 54.9 Å². The number of rotatable bonds is 4. The summed E-state index contributed by atoms with van der Waals surface area (Å²) in [5, 5.41) is 0. The van der Waals surface area contributed by atoms with Crippen molar-refractivity contribution in [3.05, 3.63) is 29.8 Å². The Kier molecular flexibility index (Phi) is 5.61. The first-order valence-electron chi connectivity index (χ1n) is 9.28. The highest BCUT2D eigenvalue weighted by Crippen LogP contribution is 2.39. The molecule has 1 aliphatic carbocycles. The fraction of sp³-hybridized carbons (Fsp3) is 0.600. The first kappa shape index (κ1) is 17.8. The van der Waals surface area contributed by atoms with Gasteiger partial charge >= 0.3 is 0 Å². The lowest BCUT2D eigenvalue weighted by Gasteiger charge is -2.37. The number of piperazine rings is 1. The standard InChI is InChI=1S/C20H28N2O3/c1-15(23)21-11-13-22(14-12-21)20(24)19(16-5-3-4-6-16)17-7-9-18(25-2)10-8-17/h7-10,16,19H,3-6,11-14H2,1-2H3. The number of amides is 2. The number of ether oxygens (including phenoxy) is 1. The molecule has 2 amide bonds. The van der Waals surface area contributed by atoms with E-state index in [0.29, 0.717) is 32.1 Å². The van der Waals surface area contributed by atoms with E-state index in [9.17, 15) is 9.59 Å². The summed E-state index contributed by atoms with van der Waals surface area (Å²) in [6.07, 6.45) is 4.66. The number of nitrogens with zero attached hydrogens (tertiary/aromatic N) is 2. The molecule has 25 heavy (non-hydrogen) atoms. The van der Waals surface area contributed by atoms with Gasteiger partial charge in [0.2, 0.25) is 11.8 Å². The molecule has 136 valence electrons. The Morgan fingerprint density at radius 1 is 1.00 bits per heavy atom. The molecule has 5 heteroatoms. The van der Waals surface area contributed by atoms with E-state index in [-0.39, 0.29) is 17.7 Å². The van der Waals surface area contributed by atoms with Crippen LogP contribution in [0.25, 0.3) is 0 Å². The summed E-state index contributed by atoms with van der Waals surface area (Å²) in [5.41, 5.74) is 1.09. The van der Waals surface area contributed by atoms with Gasteiger partial charge in [0.05, 0.1) is 13.0 Å². The maximum Gasteiger partial charge on any atom is 0.230 e. The van der Waals surface area contributed by atoms with Crippen molar-refractivity contribution in [2.24, 2.45) is 5.92 Å². The maximum absolute atomic E-state index is 13.3. The molecule has 1 unspecified atom stereocenters. The summed E-state index contributed by atoms with van der Waals surface area (Å²) in [6, 6.07) is 7.95. The minimum absolute atomic E-state index is 0.0720. The van der Waals surface area contributed by atoms with Crippen molar-refractivity contribution in [3.63, 3.8) is 0 Å². The molecule has 1 aromatic rings. The number of hydrogen-bond acceptors (Lipinski definition) is 3. The Labute approximate surface area is 149 Å². The number of benzene rings is 1. The zero-order valence-corrected chi connectivity index (χ0v) is 15.2. The Bertz CT molecular complexity index is 600. The minimum Gasteiger partial charge on any atom is -0.497 e. The van der Waals surface area contributed by atoms with Crippen LogP contribution >= 0.6 is 0 Å². The van der Waals surface area contributed by atoms with E-state index < -0.39 is 0 Å². The third-order valence-corrected chi connectivity index (χ3v) is 5.65. The fourth-order valence-corrected chi connectivity index (χ4v) is 4.16. The molecule has 1 saturated heterocycles. The van der Waals surface area contributed by atoms with Crippen LogP contribution in [0.15, 0.2) is 24.3 Å². The molecule has 3 rings (SSSR count). The quantitative estimate of drug-likeness (QED) is 0.844. The van der Waals surface area contributed by atoms with Gasteiger partial charge in [-0.3, -0.25) is 9.59 Å². The van der Waals surface area contributed by atoms with E-state index in [1.54, 1.807) is 14.0 Å². The largest absolute Gasteiger partial charge is 0.497 e. The zero-order chi connectivity index (χ0) is 17.8. The van der Waals surface area contributed by atoms with E-state index in [1.807, 2.05) is 34.1 Å². The molecule has 1 aromatic carbocycles. The summed E-state index contributed by atoms with van der Waals surface area (Å²) in [7, 11) is 1.66. The molecule has 0 spiro atoms. The van der Waals surface area contributed by atoms with Gasteiger partial charge in [-0.05, 0) is 36.5 Å². The normalized spacial score (nSPS) is 19.8. The van der Waals surface area contributed by atoms with Crippen molar-refractivity contribution in [2.75, 3.05) is 33.3 Å². The average molecular weight is 344 g/mol. The molecule has 0 bridgehead atoms. The van der Waals surface area contributed by atoms with Crippen LogP contribution in [-0.2, 0) is 9.59 Å². The average Bonchev–Trinajstić information content (AvgIpc) is 3.16. The van der Waals surface area contributed by atoms with Gasteiger partial charge < -0.3 is 14.5 Å². The van der Waals surface area contributed by atoms with Gasteiger partial charge in [0.1, 0.15) is 5.75 Å². The molecule has 0 N–H and O–H groups in total. The summed E-state index contributed by atoms with van der Waals surface area (Å²) in [5.74, 6) is 1.48. The molecule has 5 nitrogen and oxygen atoms in total. The van der Waals surface area contributed by atoms with Crippen molar-refractivity contribution in [3.8, 4) is 5.75 Å². The lowest BCUT2D eigenvalue weighted by Crippen LogP contribution is -2.51. The van der Waals surface area contributed by atoms with Crippen LogP contribution in [0.1, 0.15) is 44.1 Å². The first-order chi connectivity index (χ1) is 12.1. The Hall–Kier alpha value is -2.04. The summed E-state index contributed by atoms with van der Waals surface area (Å²) in [6.45, 7) is 4.15. The van der Waals surface area contributed by atoms with E-state index in [1.165, 1.54) is 12.8 Å². The summed E-state index contributed by atoms with van der Waals surface area (Å²) < 4.78 is 5.25. The third-order valence-electron chi connectivity index (χ3n) is 5.65. The van der Waals surface area contributed by atoms with E-state index in [2.05, 4.69) is 0 Å². The van der Waals surface area contributed by atoms with Gasteiger partial charge in [0.15, 0.2) is 0 Å². The monoisotopic (exact) mass is 344 g/mol. The SMILES string of the molecule is COc1ccc(C(C(=O)N2CCN(C(C)=O)CC2)C2CCCC2)cc1. The van der Waals surface area contributed by atoms with Crippen LogP contribution in [0.2, 0.25) is 0 Å². The highest BCUT2D eigenvalue weighted by atomic mass is 16.5. The molecule has 1 saturated carbocycles. The van der Waals surface area contributed by atoms with E-state index in [0.717, 1.165) is 24.2 Å². The van der Waals surface area contributed by atoms with Gasteiger partial charge in [-0.1, -0.05) is 25.0 Å². The van der Waals surface area contributed by atoms with Crippen LogP contribution < -0.4 is 4.74 Å². The van der Waals surface area contributed by atoms with Gasteiger partial charge in [0.25, 0.3) is 0 Å². The van der Waals surface area contributed by atoms with Crippen molar-refractivity contribution in [1.82, 2.24) is 9.80 Å². The Morgan fingerprint density at radius 3 is 2.08 bits per heavy atom. The summed E-state index contributed by atoms with van der Waals surface area (Å²) in [4.78, 5) is 28.6. The van der Waals surface area contributed by atoms with Crippen LogP contribution in [0.5, 0.6) is 5.75 Å². The van der Waals surface area contributed by atoms with Gasteiger partial charge in [-0.15, -0.1) is 0 Å². The van der Waals surface area contributed by atoms with Crippen molar-refractivity contribution < 1.29 is 14.3 Å². The van der Waals surface area contributed by atoms with Crippen LogP contribution in [0.4, 0.5) is 0 Å². The van der Waals surface area contributed by atoms with Gasteiger partial charge in [-0.2, -0.15) is 0 Å². The molecule has 1 atom stereocenters. The summed E-state index contributed by atoms with van der Waals surface area (Å²) >= 11 is 0. The second-order valence-electron chi connectivity index (χ2n) is 7.13. The molecule has 2 aliphatic rings. The zero-order valence-electron chi connectivity index (χ0n) is 15.2. The Balaban J connectivity index is 1.77. The minimum atomic E-state index is -0.0720. The number of methoxy groups -OCH3 is 1. The van der Waals surface area contributed by atoms with Crippen LogP contribution in [0, 0.1) is 5.92 Å². The molecule has 1 heterocycles. The second-order valence-corrected chi connectivity index (χ2v) is 7.13. The van der Waals surface area contributed by atoms with E-state index in [4.69, 9.17) is 4.74 Å². The molecule has 0 aromatic heterocycles. The lowest BCUT2D eigenvalue weighted by molar-refractivity contribution is -0.140. The maximum atomic E-state index is 13.3. The van der Waals surface area contributed by atoms with Crippen molar-refractivity contribution >= 4 is 11.8 Å². The van der Waals surface area contributed by atoms with Crippen LogP contribution in [0.3, 0.4) is 0 Å². The highest BCUT2D eigenvalue weighted by Gasteiger charge is 2.35. The number of carbonyl (C=O) groups excluding carboxylic acids is 2. The molecule has 0 radical (unpaired) electrons. The first-order valence-corrected chi connectivity index (χ1v) is 9.28. The second kappa shape index (κ2) is 7.89. The third kappa shape index (κ3) is 3.97. The van der Waals surface area contributed by atoms with E-state index >= 15 is 0 Å². The van der Waals surface area contributed by atoms with Gasteiger partial charge in [0, 0.05) is 33.1 Å². The van der Waals surface area contributed by atoms with Crippen molar-refractivity contribution in [2.45, 2.75) is 38.5 Å². The number of hydrogen-bond donors (Lipinski definition) is 0. The van der Waals surface area contributed by atoms with Crippen molar-refractivity contribution in [1.29, 1.82) is 0 Å². The topological polar surface area (TPSA) is 49.9 Å². The predicted molar refractivity (Wildman–Crippen MR) is 96.5 cm³/mol. The molecule has 1 aliphatic heterocycles. The Morgan fingerprint density at radius 2 is 1.56 bits per heavy atom. The predicted octanol–water partition coefficient (Wildman–Crippen LogP) is 2.66.